The number of fused-ring (bicyclic) bond motifs is 1. The van der Waals surface area contributed by atoms with Gasteiger partial charge in [-0.05, 0) is 36.4 Å². The lowest BCUT2D eigenvalue weighted by atomic mass is 10.2. The Bertz CT molecular complexity index is 792. The van der Waals surface area contributed by atoms with Gasteiger partial charge in [0, 0.05) is 15.2 Å². The zero-order valence-electron chi connectivity index (χ0n) is 10.2. The Balaban J connectivity index is 1.98. The van der Waals surface area contributed by atoms with E-state index in [1.807, 2.05) is 30.3 Å². The van der Waals surface area contributed by atoms with Crippen LogP contribution in [0.15, 0.2) is 52.5 Å². The van der Waals surface area contributed by atoms with Crippen LogP contribution in [0.4, 0.5) is 5.82 Å². The van der Waals surface area contributed by atoms with E-state index in [-0.39, 0.29) is 0 Å². The highest BCUT2D eigenvalue weighted by Crippen LogP contribution is 2.34. The number of halogens is 2. The number of hydrogen-bond acceptors (Lipinski definition) is 4. The zero-order chi connectivity index (χ0) is 14.1. The molecule has 0 atom stereocenters. The Hall–Kier alpha value is -1.49. The number of nitrogens with two attached hydrogens (primary N) is 1. The molecular formula is C14H9Cl2N3S. The third-order valence-electron chi connectivity index (χ3n) is 2.76. The molecule has 20 heavy (non-hydrogen) atoms. The molecule has 0 saturated carbocycles. The Morgan fingerprint density at radius 2 is 1.65 bits per heavy atom. The first-order chi connectivity index (χ1) is 9.63. The van der Waals surface area contributed by atoms with E-state index in [1.54, 1.807) is 17.8 Å². The van der Waals surface area contributed by atoms with Gasteiger partial charge in [0.15, 0.2) is 0 Å². The molecule has 100 valence electrons. The number of nitrogen functional groups attached to an aromatic ring is 1. The molecule has 1 heterocycles. The molecule has 2 aromatic carbocycles. The molecule has 3 nitrogen and oxygen atoms in total. The molecule has 0 aliphatic rings. The summed E-state index contributed by atoms with van der Waals surface area (Å²) in [5, 5.41) is 1.94. The largest absolute Gasteiger partial charge is 0.383 e. The van der Waals surface area contributed by atoms with Crippen molar-refractivity contribution in [2.45, 2.75) is 9.79 Å². The number of benzene rings is 2. The monoisotopic (exact) mass is 321 g/mol. The van der Waals surface area contributed by atoms with E-state index in [0.29, 0.717) is 15.9 Å². The SMILES string of the molecule is Nc1ncnc2ccc(Sc3ccc(Cl)c(Cl)c3)cc12. The van der Waals surface area contributed by atoms with Crippen LogP contribution in [0.3, 0.4) is 0 Å². The van der Waals surface area contributed by atoms with Crippen molar-refractivity contribution in [1.82, 2.24) is 9.97 Å². The average molecular weight is 322 g/mol. The number of rotatable bonds is 2. The van der Waals surface area contributed by atoms with Crippen LogP contribution in [0.25, 0.3) is 10.9 Å². The minimum atomic E-state index is 0.478. The van der Waals surface area contributed by atoms with Crippen LogP contribution in [0.5, 0.6) is 0 Å². The summed E-state index contributed by atoms with van der Waals surface area (Å²) in [6, 6.07) is 11.4. The molecule has 1 aromatic heterocycles. The lowest BCUT2D eigenvalue weighted by Crippen LogP contribution is -1.92. The van der Waals surface area contributed by atoms with Crippen LogP contribution in [0.2, 0.25) is 10.0 Å². The maximum Gasteiger partial charge on any atom is 0.134 e. The van der Waals surface area contributed by atoms with Crippen molar-refractivity contribution in [3.8, 4) is 0 Å². The summed E-state index contributed by atoms with van der Waals surface area (Å²) >= 11 is 13.5. The predicted octanol–water partition coefficient (Wildman–Crippen LogP) is 4.67. The molecular weight excluding hydrogens is 313 g/mol. The highest BCUT2D eigenvalue weighted by molar-refractivity contribution is 7.99. The van der Waals surface area contributed by atoms with Crippen molar-refractivity contribution in [2.24, 2.45) is 0 Å². The molecule has 3 aromatic rings. The third kappa shape index (κ3) is 2.68. The minimum absolute atomic E-state index is 0.478. The molecule has 0 radical (unpaired) electrons. The molecule has 0 bridgehead atoms. The van der Waals surface area contributed by atoms with Crippen LogP contribution in [-0.4, -0.2) is 9.97 Å². The maximum absolute atomic E-state index is 6.02. The normalized spacial score (nSPS) is 10.9. The number of nitrogens with zero attached hydrogens (tertiary/aromatic N) is 2. The number of hydrogen-bond donors (Lipinski definition) is 1. The fourth-order valence-electron chi connectivity index (χ4n) is 1.80. The van der Waals surface area contributed by atoms with Crippen molar-refractivity contribution in [3.05, 3.63) is 52.8 Å². The highest BCUT2D eigenvalue weighted by atomic mass is 35.5. The average Bonchev–Trinajstić information content (AvgIpc) is 2.44. The van der Waals surface area contributed by atoms with Gasteiger partial charge in [0.2, 0.25) is 0 Å². The van der Waals surface area contributed by atoms with Crippen LogP contribution < -0.4 is 5.73 Å². The van der Waals surface area contributed by atoms with Gasteiger partial charge >= 0.3 is 0 Å². The van der Waals surface area contributed by atoms with Gasteiger partial charge in [0.25, 0.3) is 0 Å². The quantitative estimate of drug-likeness (QED) is 0.745. The summed E-state index contributed by atoms with van der Waals surface area (Å²) in [5.74, 6) is 0.478. The Morgan fingerprint density at radius 3 is 2.45 bits per heavy atom. The molecule has 0 saturated heterocycles. The van der Waals surface area contributed by atoms with Crippen LogP contribution in [-0.2, 0) is 0 Å². The summed E-state index contributed by atoms with van der Waals surface area (Å²) in [7, 11) is 0. The summed E-state index contributed by atoms with van der Waals surface area (Å²) in [6.45, 7) is 0. The van der Waals surface area contributed by atoms with Crippen molar-refractivity contribution in [2.75, 3.05) is 5.73 Å². The Morgan fingerprint density at radius 1 is 0.900 bits per heavy atom. The fourth-order valence-corrected chi connectivity index (χ4v) is 3.06. The van der Waals surface area contributed by atoms with Gasteiger partial charge in [-0.25, -0.2) is 9.97 Å². The van der Waals surface area contributed by atoms with E-state index in [1.165, 1.54) is 6.33 Å². The standard InChI is InChI=1S/C14H9Cl2N3S/c15-11-3-1-9(6-12(11)16)20-8-2-4-13-10(5-8)14(17)19-7-18-13/h1-7H,(H2,17,18,19). The van der Waals surface area contributed by atoms with Crippen molar-refractivity contribution < 1.29 is 0 Å². The molecule has 0 spiro atoms. The fraction of sp³-hybridized carbons (Fsp3) is 0. The summed E-state index contributed by atoms with van der Waals surface area (Å²) < 4.78 is 0. The molecule has 6 heteroatoms. The van der Waals surface area contributed by atoms with Gasteiger partial charge < -0.3 is 5.73 Å². The first-order valence-electron chi connectivity index (χ1n) is 5.76. The second-order valence-electron chi connectivity index (χ2n) is 4.12. The van der Waals surface area contributed by atoms with E-state index in [9.17, 15) is 0 Å². The Kier molecular flexibility index (Phi) is 3.70. The van der Waals surface area contributed by atoms with Gasteiger partial charge in [0.1, 0.15) is 12.1 Å². The predicted molar refractivity (Wildman–Crippen MR) is 84.5 cm³/mol. The van der Waals surface area contributed by atoms with E-state index < -0.39 is 0 Å². The summed E-state index contributed by atoms with van der Waals surface area (Å²) in [4.78, 5) is 10.2. The molecule has 0 aliphatic heterocycles. The summed E-state index contributed by atoms with van der Waals surface area (Å²) in [6.07, 6.45) is 1.46. The molecule has 0 unspecified atom stereocenters. The van der Waals surface area contributed by atoms with Gasteiger partial charge in [-0.3, -0.25) is 0 Å². The number of anilines is 1. The van der Waals surface area contributed by atoms with E-state index in [4.69, 9.17) is 28.9 Å². The Labute approximate surface area is 130 Å². The second kappa shape index (κ2) is 5.48. The topological polar surface area (TPSA) is 51.8 Å². The van der Waals surface area contributed by atoms with Gasteiger partial charge in [0.05, 0.1) is 15.6 Å². The van der Waals surface area contributed by atoms with Gasteiger partial charge in [-0.1, -0.05) is 35.0 Å². The van der Waals surface area contributed by atoms with Crippen LogP contribution in [0.1, 0.15) is 0 Å². The van der Waals surface area contributed by atoms with Gasteiger partial charge in [-0.2, -0.15) is 0 Å². The highest BCUT2D eigenvalue weighted by Gasteiger charge is 2.05. The van der Waals surface area contributed by atoms with Crippen molar-refractivity contribution >= 4 is 51.7 Å². The smallest absolute Gasteiger partial charge is 0.134 e. The molecule has 0 aliphatic carbocycles. The second-order valence-corrected chi connectivity index (χ2v) is 6.08. The molecule has 0 amide bonds. The first-order valence-corrected chi connectivity index (χ1v) is 7.34. The lowest BCUT2D eigenvalue weighted by Gasteiger charge is -2.05. The van der Waals surface area contributed by atoms with Crippen LogP contribution in [0, 0.1) is 0 Å². The zero-order valence-corrected chi connectivity index (χ0v) is 12.5. The van der Waals surface area contributed by atoms with Gasteiger partial charge in [-0.15, -0.1) is 0 Å². The first kappa shape index (κ1) is 13.5. The summed E-state index contributed by atoms with van der Waals surface area (Å²) in [5.41, 5.74) is 6.69. The molecule has 3 rings (SSSR count). The van der Waals surface area contributed by atoms with E-state index in [0.717, 1.165) is 20.7 Å². The van der Waals surface area contributed by atoms with E-state index >= 15 is 0 Å². The molecule has 2 N–H and O–H groups in total. The minimum Gasteiger partial charge on any atom is -0.383 e. The molecule has 0 fully saturated rings. The van der Waals surface area contributed by atoms with Crippen LogP contribution >= 0.6 is 35.0 Å². The lowest BCUT2D eigenvalue weighted by molar-refractivity contribution is 1.22. The maximum atomic E-state index is 6.02. The number of aromatic nitrogens is 2. The van der Waals surface area contributed by atoms with Crippen molar-refractivity contribution in [1.29, 1.82) is 0 Å². The third-order valence-corrected chi connectivity index (χ3v) is 4.48. The van der Waals surface area contributed by atoms with Crippen molar-refractivity contribution in [3.63, 3.8) is 0 Å². The van der Waals surface area contributed by atoms with E-state index in [2.05, 4.69) is 9.97 Å².